The largest absolute Gasteiger partial charge is 0.353 e. The van der Waals surface area contributed by atoms with Crippen molar-refractivity contribution in [3.05, 3.63) is 12.2 Å². The van der Waals surface area contributed by atoms with E-state index in [2.05, 4.69) is 20.4 Å². The third-order valence-corrected chi connectivity index (χ3v) is 2.40. The Morgan fingerprint density at radius 1 is 1.50 bits per heavy atom. The van der Waals surface area contributed by atoms with Gasteiger partial charge in [-0.1, -0.05) is 26.0 Å². The van der Waals surface area contributed by atoms with Crippen LogP contribution in [0.25, 0.3) is 0 Å². The van der Waals surface area contributed by atoms with Gasteiger partial charge in [0, 0.05) is 13.0 Å². The van der Waals surface area contributed by atoms with Crippen molar-refractivity contribution in [3.63, 3.8) is 0 Å². The van der Waals surface area contributed by atoms with Crippen LogP contribution in [0.4, 0.5) is 0 Å². The Kier molecular flexibility index (Phi) is 4.63. The second-order valence-electron chi connectivity index (χ2n) is 4.43. The molecule has 2 unspecified atom stereocenters. The first-order valence-corrected chi connectivity index (χ1v) is 5.55. The highest BCUT2D eigenvalue weighted by Gasteiger charge is 2.25. The lowest BCUT2D eigenvalue weighted by Crippen LogP contribution is -2.31. The summed E-state index contributed by atoms with van der Waals surface area (Å²) < 4.78 is 11.3. The highest BCUT2D eigenvalue weighted by molar-refractivity contribution is 5.00. The maximum Gasteiger partial charge on any atom is 0.161 e. The molecule has 14 heavy (non-hydrogen) atoms. The first kappa shape index (κ1) is 11.7. The minimum atomic E-state index is -0.0509. The average Bonchev–Trinajstić information content (AvgIpc) is 2.01. The average molecular weight is 198 g/mol. The lowest BCUT2D eigenvalue weighted by Gasteiger charge is -2.32. The van der Waals surface area contributed by atoms with Crippen LogP contribution in [0.1, 0.15) is 40.0 Å². The fraction of sp³-hybridized carbons (Fsp3) is 0.833. The topological polar surface area (TPSA) is 18.5 Å². The fourth-order valence-electron chi connectivity index (χ4n) is 1.90. The molecule has 1 saturated heterocycles. The number of hydrogen-bond donors (Lipinski definition) is 0. The summed E-state index contributed by atoms with van der Waals surface area (Å²) in [5.74, 6) is 0.674. The zero-order chi connectivity index (χ0) is 10.6. The third kappa shape index (κ3) is 3.81. The highest BCUT2D eigenvalue weighted by Crippen LogP contribution is 2.27. The predicted molar refractivity (Wildman–Crippen MR) is 58.1 cm³/mol. The summed E-state index contributed by atoms with van der Waals surface area (Å²) in [5, 5.41) is 0. The SMILES string of the molecule is C=C1CC(CC(C)C)OC(OCC)C1. The maximum absolute atomic E-state index is 5.83. The van der Waals surface area contributed by atoms with E-state index in [4.69, 9.17) is 9.47 Å². The molecular formula is C12H22O2. The van der Waals surface area contributed by atoms with E-state index in [0.29, 0.717) is 18.6 Å². The van der Waals surface area contributed by atoms with Gasteiger partial charge >= 0.3 is 0 Å². The number of rotatable bonds is 4. The molecule has 2 atom stereocenters. The molecule has 2 heteroatoms. The van der Waals surface area contributed by atoms with Crippen molar-refractivity contribution in [1.29, 1.82) is 0 Å². The number of ether oxygens (including phenoxy) is 2. The van der Waals surface area contributed by atoms with E-state index >= 15 is 0 Å². The molecule has 1 fully saturated rings. The van der Waals surface area contributed by atoms with Crippen LogP contribution in [0.15, 0.2) is 12.2 Å². The molecule has 1 rings (SSSR count). The van der Waals surface area contributed by atoms with Gasteiger partial charge in [0.1, 0.15) is 0 Å². The molecule has 0 aromatic heterocycles. The van der Waals surface area contributed by atoms with Crippen LogP contribution >= 0.6 is 0 Å². The van der Waals surface area contributed by atoms with E-state index in [9.17, 15) is 0 Å². The second-order valence-corrected chi connectivity index (χ2v) is 4.43. The molecule has 0 aromatic carbocycles. The predicted octanol–water partition coefficient (Wildman–Crippen LogP) is 3.13. The maximum atomic E-state index is 5.83. The van der Waals surface area contributed by atoms with Crippen molar-refractivity contribution in [1.82, 2.24) is 0 Å². The van der Waals surface area contributed by atoms with Gasteiger partial charge in [0.25, 0.3) is 0 Å². The molecule has 1 aliphatic heterocycles. The number of hydrogen-bond acceptors (Lipinski definition) is 2. The molecule has 1 aliphatic rings. The molecule has 0 N–H and O–H groups in total. The summed E-state index contributed by atoms with van der Waals surface area (Å²) in [6, 6.07) is 0. The Labute approximate surface area is 87.3 Å². The fourth-order valence-corrected chi connectivity index (χ4v) is 1.90. The lowest BCUT2D eigenvalue weighted by molar-refractivity contribution is -0.182. The van der Waals surface area contributed by atoms with E-state index in [0.717, 1.165) is 19.3 Å². The van der Waals surface area contributed by atoms with Gasteiger partial charge in [-0.25, -0.2) is 0 Å². The standard InChI is InChI=1S/C12H22O2/c1-5-13-12-8-10(4)7-11(14-12)6-9(2)3/h9,11-12H,4-8H2,1-3H3. The van der Waals surface area contributed by atoms with Crippen LogP contribution in [0.5, 0.6) is 0 Å². The molecule has 0 aliphatic carbocycles. The molecule has 82 valence electrons. The summed E-state index contributed by atoms with van der Waals surface area (Å²) in [6.45, 7) is 11.2. The smallest absolute Gasteiger partial charge is 0.161 e. The summed E-state index contributed by atoms with van der Waals surface area (Å²) in [6.07, 6.45) is 3.23. The molecule has 1 heterocycles. The van der Waals surface area contributed by atoms with Gasteiger partial charge in [-0.05, 0) is 25.7 Å². The molecule has 0 amide bonds. The van der Waals surface area contributed by atoms with Gasteiger partial charge < -0.3 is 9.47 Å². The van der Waals surface area contributed by atoms with Gasteiger partial charge in [0.2, 0.25) is 0 Å². The Balaban J connectivity index is 2.41. The van der Waals surface area contributed by atoms with E-state index in [1.54, 1.807) is 0 Å². The summed E-state index contributed by atoms with van der Waals surface area (Å²) in [4.78, 5) is 0. The Morgan fingerprint density at radius 3 is 2.79 bits per heavy atom. The minimum absolute atomic E-state index is 0.0509. The van der Waals surface area contributed by atoms with Crippen molar-refractivity contribution in [2.24, 2.45) is 5.92 Å². The Hall–Kier alpha value is -0.340. The van der Waals surface area contributed by atoms with Gasteiger partial charge in [-0.3, -0.25) is 0 Å². The van der Waals surface area contributed by atoms with E-state index in [-0.39, 0.29) is 6.29 Å². The van der Waals surface area contributed by atoms with Crippen molar-refractivity contribution in [2.75, 3.05) is 6.61 Å². The summed E-state index contributed by atoms with van der Waals surface area (Å²) in [7, 11) is 0. The summed E-state index contributed by atoms with van der Waals surface area (Å²) >= 11 is 0. The van der Waals surface area contributed by atoms with Crippen LogP contribution in [0.3, 0.4) is 0 Å². The minimum Gasteiger partial charge on any atom is -0.353 e. The first-order valence-electron chi connectivity index (χ1n) is 5.55. The van der Waals surface area contributed by atoms with Gasteiger partial charge in [-0.15, -0.1) is 0 Å². The molecule has 0 bridgehead atoms. The monoisotopic (exact) mass is 198 g/mol. The van der Waals surface area contributed by atoms with Crippen molar-refractivity contribution < 1.29 is 9.47 Å². The lowest BCUT2D eigenvalue weighted by atomic mass is 9.96. The van der Waals surface area contributed by atoms with E-state index in [1.807, 2.05) is 6.92 Å². The van der Waals surface area contributed by atoms with Crippen LogP contribution in [0, 0.1) is 5.92 Å². The molecule has 0 spiro atoms. The van der Waals surface area contributed by atoms with Crippen LogP contribution in [-0.4, -0.2) is 19.0 Å². The first-order chi connectivity index (χ1) is 6.61. The van der Waals surface area contributed by atoms with E-state index in [1.165, 1.54) is 5.57 Å². The second kappa shape index (κ2) is 5.52. The quantitative estimate of drug-likeness (QED) is 0.646. The molecular weight excluding hydrogens is 176 g/mol. The van der Waals surface area contributed by atoms with Crippen LogP contribution in [-0.2, 0) is 9.47 Å². The van der Waals surface area contributed by atoms with E-state index < -0.39 is 0 Å². The molecule has 0 radical (unpaired) electrons. The summed E-state index contributed by atoms with van der Waals surface area (Å²) in [5.41, 5.74) is 1.26. The molecule has 0 aromatic rings. The normalized spacial score (nSPS) is 28.4. The Bertz CT molecular complexity index is 187. The highest BCUT2D eigenvalue weighted by atomic mass is 16.7. The molecule has 0 saturated carbocycles. The zero-order valence-corrected chi connectivity index (χ0v) is 9.58. The van der Waals surface area contributed by atoms with Gasteiger partial charge in [0.05, 0.1) is 6.10 Å². The van der Waals surface area contributed by atoms with Gasteiger partial charge in [-0.2, -0.15) is 0 Å². The van der Waals surface area contributed by atoms with Gasteiger partial charge in [0.15, 0.2) is 6.29 Å². The van der Waals surface area contributed by atoms with Crippen molar-refractivity contribution in [2.45, 2.75) is 52.4 Å². The molecule has 2 nitrogen and oxygen atoms in total. The van der Waals surface area contributed by atoms with Crippen LogP contribution < -0.4 is 0 Å². The zero-order valence-electron chi connectivity index (χ0n) is 9.58. The third-order valence-electron chi connectivity index (χ3n) is 2.40. The van der Waals surface area contributed by atoms with Crippen molar-refractivity contribution >= 4 is 0 Å². The Morgan fingerprint density at radius 2 is 2.21 bits per heavy atom. The van der Waals surface area contributed by atoms with Crippen LogP contribution in [0.2, 0.25) is 0 Å². The van der Waals surface area contributed by atoms with Crippen molar-refractivity contribution in [3.8, 4) is 0 Å².